The van der Waals surface area contributed by atoms with E-state index in [0.29, 0.717) is 17.8 Å². The predicted octanol–water partition coefficient (Wildman–Crippen LogP) is 2.11. The molecule has 1 fully saturated rings. The topological polar surface area (TPSA) is 67.1 Å². The number of anilines is 2. The molecule has 1 aromatic heterocycles. The molecule has 3 N–H and O–H groups in total. The smallest absolute Gasteiger partial charge is 0.138 e. The molecule has 0 amide bonds. The highest BCUT2D eigenvalue weighted by Crippen LogP contribution is 2.24. The molecule has 1 aliphatic heterocycles. The largest absolute Gasteiger partial charge is 0.384 e. The predicted molar refractivity (Wildman–Crippen MR) is 83.8 cm³/mol. The normalized spacial score (nSPS) is 24.6. The molecule has 0 spiro atoms. The number of rotatable bonds is 2. The number of nitrogen functional groups attached to an aromatic ring is 1. The molecule has 0 saturated carbocycles. The second kappa shape index (κ2) is 5.56. The highest BCUT2D eigenvalue weighted by Gasteiger charge is 2.25. The average molecular weight is 277 g/mol. The maximum Gasteiger partial charge on any atom is 0.138 e. The molecule has 5 nitrogen and oxygen atoms in total. The third-order valence-corrected chi connectivity index (χ3v) is 3.86. The van der Waals surface area contributed by atoms with Crippen LogP contribution in [0.15, 0.2) is 6.07 Å². The number of nitrogens with zero attached hydrogens (tertiary/aromatic N) is 3. The van der Waals surface area contributed by atoms with Crippen molar-refractivity contribution in [2.24, 2.45) is 5.92 Å². The molecule has 2 heterocycles. The molecule has 1 aliphatic rings. The lowest BCUT2D eigenvalue weighted by Gasteiger charge is -2.35. The lowest BCUT2D eigenvalue weighted by atomic mass is 9.94. The summed E-state index contributed by atoms with van der Waals surface area (Å²) in [5.74, 6) is 2.78. The minimum Gasteiger partial charge on any atom is -0.384 e. The minimum absolute atomic E-state index is 0.0930. The van der Waals surface area contributed by atoms with Gasteiger partial charge in [0.05, 0.1) is 0 Å². The van der Waals surface area contributed by atoms with Gasteiger partial charge in [-0.25, -0.2) is 9.97 Å². The summed E-state index contributed by atoms with van der Waals surface area (Å²) in [6.07, 6.45) is 1.13. The van der Waals surface area contributed by atoms with Crippen molar-refractivity contribution in [2.75, 3.05) is 31.2 Å². The summed E-state index contributed by atoms with van der Waals surface area (Å²) < 4.78 is 0. The summed E-state index contributed by atoms with van der Waals surface area (Å²) in [4.78, 5) is 11.4. The molecular formula is C15H27N5. The number of nitrogens with one attached hydrogen (secondary N) is 1. The van der Waals surface area contributed by atoms with E-state index in [1.54, 1.807) is 0 Å². The van der Waals surface area contributed by atoms with Crippen molar-refractivity contribution in [3.8, 4) is 0 Å². The summed E-state index contributed by atoms with van der Waals surface area (Å²) in [7, 11) is 2.17. The van der Waals surface area contributed by atoms with Crippen LogP contribution in [0.2, 0.25) is 0 Å². The highest BCUT2D eigenvalue weighted by atomic mass is 15.1. The molecule has 1 aromatic rings. The molecule has 0 aromatic carbocycles. The first-order valence-electron chi connectivity index (χ1n) is 7.36. The Kier molecular flexibility index (Phi) is 4.18. The van der Waals surface area contributed by atoms with Crippen molar-refractivity contribution in [1.29, 1.82) is 0 Å². The van der Waals surface area contributed by atoms with E-state index in [-0.39, 0.29) is 5.41 Å². The third kappa shape index (κ3) is 3.60. The Bertz CT molecular complexity index is 466. The van der Waals surface area contributed by atoms with Gasteiger partial charge in [0.1, 0.15) is 17.5 Å². The van der Waals surface area contributed by atoms with Gasteiger partial charge in [0.25, 0.3) is 0 Å². The fourth-order valence-electron chi connectivity index (χ4n) is 2.63. The van der Waals surface area contributed by atoms with E-state index in [2.05, 4.69) is 54.9 Å². The number of hydrogen-bond acceptors (Lipinski definition) is 5. The first kappa shape index (κ1) is 15.0. The monoisotopic (exact) mass is 277 g/mol. The van der Waals surface area contributed by atoms with E-state index in [0.717, 1.165) is 31.2 Å². The molecule has 2 unspecified atom stereocenters. The first-order chi connectivity index (χ1) is 9.25. The van der Waals surface area contributed by atoms with Gasteiger partial charge in [0, 0.05) is 24.1 Å². The van der Waals surface area contributed by atoms with Crippen LogP contribution in [0.3, 0.4) is 0 Å². The summed E-state index contributed by atoms with van der Waals surface area (Å²) in [6.45, 7) is 10.8. The second-order valence-electron chi connectivity index (χ2n) is 7.03. The molecule has 0 bridgehead atoms. The Morgan fingerprint density at radius 3 is 2.65 bits per heavy atom. The van der Waals surface area contributed by atoms with Gasteiger partial charge in [0.2, 0.25) is 0 Å². The molecule has 1 saturated heterocycles. The zero-order valence-electron chi connectivity index (χ0n) is 13.3. The van der Waals surface area contributed by atoms with E-state index in [9.17, 15) is 0 Å². The van der Waals surface area contributed by atoms with Gasteiger partial charge in [-0.3, -0.25) is 0 Å². The van der Waals surface area contributed by atoms with Crippen molar-refractivity contribution >= 4 is 11.6 Å². The van der Waals surface area contributed by atoms with Crippen LogP contribution in [0.25, 0.3) is 0 Å². The lowest BCUT2D eigenvalue weighted by Crippen LogP contribution is -2.43. The Morgan fingerprint density at radius 1 is 1.35 bits per heavy atom. The van der Waals surface area contributed by atoms with Crippen molar-refractivity contribution in [2.45, 2.75) is 45.6 Å². The van der Waals surface area contributed by atoms with Crippen molar-refractivity contribution < 1.29 is 0 Å². The summed E-state index contributed by atoms with van der Waals surface area (Å²) in [5, 5.41) is 3.55. The van der Waals surface area contributed by atoms with Gasteiger partial charge >= 0.3 is 0 Å². The van der Waals surface area contributed by atoms with Crippen LogP contribution in [0.1, 0.15) is 39.9 Å². The van der Waals surface area contributed by atoms with Gasteiger partial charge < -0.3 is 16.0 Å². The van der Waals surface area contributed by atoms with E-state index < -0.39 is 0 Å². The van der Waals surface area contributed by atoms with Crippen LogP contribution in [0, 0.1) is 5.92 Å². The number of likely N-dealkylation sites (tertiary alicyclic amines) is 1. The lowest BCUT2D eigenvalue weighted by molar-refractivity contribution is 0.206. The number of aromatic nitrogens is 2. The SMILES string of the molecule is CC1CN(C)CCC1Nc1cc(N)nc(C(C)(C)C)n1. The maximum atomic E-state index is 5.92. The molecule has 112 valence electrons. The fourth-order valence-corrected chi connectivity index (χ4v) is 2.63. The molecule has 0 radical (unpaired) electrons. The molecule has 5 heteroatoms. The van der Waals surface area contributed by atoms with E-state index in [4.69, 9.17) is 5.73 Å². The maximum absolute atomic E-state index is 5.92. The zero-order valence-corrected chi connectivity index (χ0v) is 13.3. The van der Waals surface area contributed by atoms with Crippen LogP contribution < -0.4 is 11.1 Å². The van der Waals surface area contributed by atoms with Crippen LogP contribution in [-0.2, 0) is 5.41 Å². The summed E-state index contributed by atoms with van der Waals surface area (Å²) in [6, 6.07) is 2.29. The standard InChI is InChI=1S/C15H27N5/c1-10-9-20(5)7-6-11(10)17-13-8-12(16)18-14(19-13)15(2,3)4/h8,10-11H,6-7,9H2,1-5H3,(H3,16,17,18,19). The molecule has 0 aliphatic carbocycles. The Hall–Kier alpha value is -1.36. The van der Waals surface area contributed by atoms with Crippen LogP contribution in [0.5, 0.6) is 0 Å². The van der Waals surface area contributed by atoms with Gasteiger partial charge in [-0.05, 0) is 25.9 Å². The van der Waals surface area contributed by atoms with Gasteiger partial charge in [-0.15, -0.1) is 0 Å². The van der Waals surface area contributed by atoms with Crippen molar-refractivity contribution in [1.82, 2.24) is 14.9 Å². The van der Waals surface area contributed by atoms with E-state index in [1.807, 2.05) is 6.07 Å². The average Bonchev–Trinajstić information content (AvgIpc) is 2.31. The third-order valence-electron chi connectivity index (χ3n) is 3.86. The minimum atomic E-state index is -0.0930. The summed E-state index contributed by atoms with van der Waals surface area (Å²) in [5.41, 5.74) is 5.83. The molecule has 2 atom stereocenters. The van der Waals surface area contributed by atoms with Crippen LogP contribution in [-0.4, -0.2) is 41.0 Å². The van der Waals surface area contributed by atoms with Gasteiger partial charge in [-0.1, -0.05) is 27.7 Å². The molecule has 2 rings (SSSR count). The van der Waals surface area contributed by atoms with Gasteiger partial charge in [0.15, 0.2) is 0 Å². The zero-order chi connectivity index (χ0) is 14.9. The quantitative estimate of drug-likeness (QED) is 0.866. The summed E-state index contributed by atoms with van der Waals surface area (Å²) >= 11 is 0. The number of hydrogen-bond donors (Lipinski definition) is 2. The van der Waals surface area contributed by atoms with Crippen LogP contribution in [0.4, 0.5) is 11.6 Å². The van der Waals surface area contributed by atoms with Crippen molar-refractivity contribution in [3.63, 3.8) is 0 Å². The Morgan fingerprint density at radius 2 is 2.05 bits per heavy atom. The Balaban J connectivity index is 2.15. The Labute approximate surface area is 122 Å². The number of nitrogens with two attached hydrogens (primary N) is 1. The fraction of sp³-hybridized carbons (Fsp3) is 0.733. The highest BCUT2D eigenvalue weighted by molar-refractivity contribution is 5.46. The second-order valence-corrected chi connectivity index (χ2v) is 7.03. The van der Waals surface area contributed by atoms with Crippen LogP contribution >= 0.6 is 0 Å². The first-order valence-corrected chi connectivity index (χ1v) is 7.36. The molecular weight excluding hydrogens is 250 g/mol. The van der Waals surface area contributed by atoms with E-state index in [1.165, 1.54) is 0 Å². The van der Waals surface area contributed by atoms with E-state index >= 15 is 0 Å². The molecule has 20 heavy (non-hydrogen) atoms. The van der Waals surface area contributed by atoms with Gasteiger partial charge in [-0.2, -0.15) is 0 Å². The number of piperidine rings is 1. The van der Waals surface area contributed by atoms with Crippen molar-refractivity contribution in [3.05, 3.63) is 11.9 Å².